The molecule has 0 spiro atoms. The summed E-state index contributed by atoms with van der Waals surface area (Å²) >= 11 is 5.97. The maximum Gasteiger partial charge on any atom is 0.233 e. The molecule has 1 fully saturated rings. The first-order chi connectivity index (χ1) is 10.1. The van der Waals surface area contributed by atoms with E-state index >= 15 is 0 Å². The smallest absolute Gasteiger partial charge is 0.233 e. The quantitative estimate of drug-likeness (QED) is 0.907. The van der Waals surface area contributed by atoms with Crippen molar-refractivity contribution in [1.29, 1.82) is 0 Å². The molecule has 1 aromatic carbocycles. The molecule has 1 saturated heterocycles. The molecule has 0 aliphatic carbocycles. The van der Waals surface area contributed by atoms with Crippen molar-refractivity contribution in [3.63, 3.8) is 0 Å². The van der Waals surface area contributed by atoms with E-state index < -0.39 is 5.82 Å². The number of hydrogen-bond donors (Lipinski definition) is 2. The normalized spacial score (nSPS) is 14.5. The number of nitrogens with zero attached hydrogens (tertiary/aromatic N) is 4. The van der Waals surface area contributed by atoms with Crippen molar-refractivity contribution in [3.8, 4) is 0 Å². The van der Waals surface area contributed by atoms with Crippen LogP contribution in [-0.2, 0) is 0 Å². The molecule has 2 heterocycles. The lowest BCUT2D eigenvalue weighted by Crippen LogP contribution is -2.22. The third-order valence-electron chi connectivity index (χ3n) is 3.23. The Balaban J connectivity index is 1.91. The average Bonchev–Trinajstić information content (AvgIpc) is 2.97. The summed E-state index contributed by atoms with van der Waals surface area (Å²) in [4.78, 5) is 14.4. The van der Waals surface area contributed by atoms with Crippen LogP contribution in [0.4, 0.5) is 27.9 Å². The Morgan fingerprint density at radius 1 is 1.19 bits per heavy atom. The average molecular weight is 309 g/mol. The minimum absolute atomic E-state index is 0.0851. The van der Waals surface area contributed by atoms with Crippen molar-refractivity contribution in [1.82, 2.24) is 15.0 Å². The first-order valence-electron chi connectivity index (χ1n) is 6.61. The summed E-state index contributed by atoms with van der Waals surface area (Å²) in [5, 5.41) is 3.02. The zero-order chi connectivity index (χ0) is 14.8. The highest BCUT2D eigenvalue weighted by molar-refractivity contribution is 6.33. The number of aromatic nitrogens is 3. The number of anilines is 4. The van der Waals surface area contributed by atoms with E-state index in [1.165, 1.54) is 12.1 Å². The summed E-state index contributed by atoms with van der Waals surface area (Å²) in [5.41, 5.74) is 5.82. The molecule has 8 heteroatoms. The monoisotopic (exact) mass is 308 g/mol. The zero-order valence-electron chi connectivity index (χ0n) is 11.2. The summed E-state index contributed by atoms with van der Waals surface area (Å²) in [7, 11) is 0. The van der Waals surface area contributed by atoms with E-state index in [1.54, 1.807) is 6.07 Å². The second-order valence-electron chi connectivity index (χ2n) is 4.73. The predicted molar refractivity (Wildman–Crippen MR) is 80.4 cm³/mol. The number of nitrogens with two attached hydrogens (primary N) is 1. The molecule has 1 aliphatic rings. The topological polar surface area (TPSA) is 80.0 Å². The summed E-state index contributed by atoms with van der Waals surface area (Å²) < 4.78 is 13.8. The highest BCUT2D eigenvalue weighted by Crippen LogP contribution is 2.27. The van der Waals surface area contributed by atoms with Crippen LogP contribution in [0.3, 0.4) is 0 Å². The van der Waals surface area contributed by atoms with Gasteiger partial charge in [-0.05, 0) is 25.0 Å². The molecular weight excluding hydrogens is 295 g/mol. The van der Waals surface area contributed by atoms with Gasteiger partial charge in [0.1, 0.15) is 5.82 Å². The Hall–Kier alpha value is -2.15. The van der Waals surface area contributed by atoms with E-state index in [9.17, 15) is 4.39 Å². The lowest BCUT2D eigenvalue weighted by molar-refractivity contribution is 0.631. The van der Waals surface area contributed by atoms with Gasteiger partial charge in [0.2, 0.25) is 17.8 Å². The van der Waals surface area contributed by atoms with E-state index in [0.29, 0.717) is 5.95 Å². The van der Waals surface area contributed by atoms with Gasteiger partial charge >= 0.3 is 0 Å². The largest absolute Gasteiger partial charge is 0.368 e. The van der Waals surface area contributed by atoms with Gasteiger partial charge in [0.05, 0.1) is 10.7 Å². The number of nitrogens with one attached hydrogen (secondary N) is 1. The van der Waals surface area contributed by atoms with Gasteiger partial charge < -0.3 is 16.0 Å². The molecule has 1 aromatic heterocycles. The van der Waals surface area contributed by atoms with Crippen LogP contribution in [0, 0.1) is 5.82 Å². The molecule has 2 aromatic rings. The number of halogens is 2. The molecule has 110 valence electrons. The van der Waals surface area contributed by atoms with Crippen LogP contribution in [0.15, 0.2) is 18.2 Å². The predicted octanol–water partition coefficient (Wildman–Crippen LogP) is 2.59. The number of rotatable bonds is 3. The Morgan fingerprint density at radius 2 is 1.95 bits per heavy atom. The van der Waals surface area contributed by atoms with Crippen molar-refractivity contribution in [3.05, 3.63) is 29.0 Å². The minimum atomic E-state index is -0.482. The van der Waals surface area contributed by atoms with Crippen LogP contribution in [-0.4, -0.2) is 28.0 Å². The van der Waals surface area contributed by atoms with Crippen molar-refractivity contribution in [2.24, 2.45) is 0 Å². The maximum absolute atomic E-state index is 13.8. The van der Waals surface area contributed by atoms with Gasteiger partial charge in [0, 0.05) is 13.1 Å². The highest BCUT2D eigenvalue weighted by atomic mass is 35.5. The summed E-state index contributed by atoms with van der Waals surface area (Å²) in [6.07, 6.45) is 2.18. The molecule has 3 rings (SSSR count). The fraction of sp³-hybridized carbons (Fsp3) is 0.308. The molecule has 6 nitrogen and oxygen atoms in total. The van der Waals surface area contributed by atoms with Crippen LogP contribution in [0.2, 0.25) is 5.02 Å². The Labute approximate surface area is 126 Å². The lowest BCUT2D eigenvalue weighted by Gasteiger charge is -2.16. The molecule has 0 saturated carbocycles. The maximum atomic E-state index is 13.8. The number of nitrogen functional groups attached to an aromatic ring is 1. The first kappa shape index (κ1) is 13.8. The van der Waals surface area contributed by atoms with Crippen molar-refractivity contribution >= 4 is 35.1 Å². The van der Waals surface area contributed by atoms with Crippen LogP contribution in [0.25, 0.3) is 0 Å². The lowest BCUT2D eigenvalue weighted by atomic mass is 10.3. The number of benzene rings is 1. The van der Waals surface area contributed by atoms with E-state index in [-0.39, 0.29) is 22.6 Å². The second-order valence-corrected chi connectivity index (χ2v) is 5.14. The third kappa shape index (κ3) is 2.97. The third-order valence-corrected chi connectivity index (χ3v) is 3.54. The molecule has 1 aliphatic heterocycles. The van der Waals surface area contributed by atoms with Gasteiger partial charge in [-0.15, -0.1) is 0 Å². The first-order valence-corrected chi connectivity index (χ1v) is 6.99. The molecule has 0 bridgehead atoms. The SMILES string of the molecule is Nc1nc(Nc2c(F)cccc2Cl)nc(N2CCCC2)n1. The molecular formula is C13H14ClFN6. The van der Waals surface area contributed by atoms with E-state index in [1.807, 2.05) is 4.90 Å². The van der Waals surface area contributed by atoms with E-state index in [4.69, 9.17) is 17.3 Å². The molecule has 3 N–H and O–H groups in total. The van der Waals surface area contributed by atoms with Gasteiger partial charge in [-0.25, -0.2) is 4.39 Å². The van der Waals surface area contributed by atoms with Crippen molar-refractivity contribution in [2.75, 3.05) is 29.0 Å². The van der Waals surface area contributed by atoms with E-state index in [0.717, 1.165) is 25.9 Å². The molecule has 21 heavy (non-hydrogen) atoms. The Bertz CT molecular complexity index is 639. The van der Waals surface area contributed by atoms with Crippen LogP contribution >= 0.6 is 11.6 Å². The van der Waals surface area contributed by atoms with Crippen LogP contribution < -0.4 is 16.0 Å². The van der Waals surface area contributed by atoms with Crippen molar-refractivity contribution in [2.45, 2.75) is 12.8 Å². The molecule has 0 atom stereocenters. The van der Waals surface area contributed by atoms with Crippen LogP contribution in [0.1, 0.15) is 12.8 Å². The van der Waals surface area contributed by atoms with Gasteiger partial charge in [-0.2, -0.15) is 15.0 Å². The zero-order valence-corrected chi connectivity index (χ0v) is 11.9. The standard InChI is InChI=1S/C13H14ClFN6/c14-8-4-3-5-9(15)10(8)17-12-18-11(16)19-13(20-12)21-6-1-2-7-21/h3-5H,1-2,6-7H2,(H3,16,17,18,19,20). The summed E-state index contributed by atoms with van der Waals surface area (Å²) in [6.45, 7) is 1.76. The fourth-order valence-electron chi connectivity index (χ4n) is 2.22. The highest BCUT2D eigenvalue weighted by Gasteiger charge is 2.17. The summed E-state index contributed by atoms with van der Waals surface area (Å²) in [6, 6.07) is 4.42. The van der Waals surface area contributed by atoms with Crippen LogP contribution in [0.5, 0.6) is 0 Å². The van der Waals surface area contributed by atoms with Gasteiger partial charge in [-0.3, -0.25) is 0 Å². The van der Waals surface area contributed by atoms with Gasteiger partial charge in [0.25, 0.3) is 0 Å². The fourth-order valence-corrected chi connectivity index (χ4v) is 2.43. The minimum Gasteiger partial charge on any atom is -0.368 e. The van der Waals surface area contributed by atoms with E-state index in [2.05, 4.69) is 20.3 Å². The Morgan fingerprint density at radius 3 is 2.67 bits per heavy atom. The number of hydrogen-bond acceptors (Lipinski definition) is 6. The molecule has 0 amide bonds. The molecule has 0 radical (unpaired) electrons. The van der Waals surface area contributed by atoms with Gasteiger partial charge in [-0.1, -0.05) is 17.7 Å². The molecule has 0 unspecified atom stereocenters. The van der Waals surface area contributed by atoms with Crippen molar-refractivity contribution < 1.29 is 4.39 Å². The van der Waals surface area contributed by atoms with Gasteiger partial charge in [0.15, 0.2) is 0 Å². The summed E-state index contributed by atoms with van der Waals surface area (Å²) in [5.74, 6) is 0.275. The Kier molecular flexibility index (Phi) is 3.74. The second kappa shape index (κ2) is 5.69. The number of para-hydroxylation sites is 1.